The Balaban J connectivity index is 2.17. The molecule has 0 radical (unpaired) electrons. The SMILES string of the molecule is COC(=O)CN(Cc1ccccc1C)C(=O)C1CC(=O)N(C(C)C)C1. The Morgan fingerprint density at radius 2 is 2.00 bits per heavy atom. The van der Waals surface area contributed by atoms with Gasteiger partial charge in [0, 0.05) is 25.6 Å². The van der Waals surface area contributed by atoms with Crippen molar-refractivity contribution >= 4 is 17.8 Å². The second kappa shape index (κ2) is 8.14. The lowest BCUT2D eigenvalue weighted by Gasteiger charge is -2.26. The van der Waals surface area contributed by atoms with Gasteiger partial charge in [0.25, 0.3) is 0 Å². The van der Waals surface area contributed by atoms with Gasteiger partial charge in [0.05, 0.1) is 13.0 Å². The molecule has 0 aliphatic carbocycles. The van der Waals surface area contributed by atoms with Gasteiger partial charge in [0.2, 0.25) is 11.8 Å². The summed E-state index contributed by atoms with van der Waals surface area (Å²) in [4.78, 5) is 40.0. The van der Waals surface area contributed by atoms with E-state index in [0.717, 1.165) is 11.1 Å². The first-order valence-corrected chi connectivity index (χ1v) is 8.53. The van der Waals surface area contributed by atoms with Gasteiger partial charge in [-0.3, -0.25) is 14.4 Å². The van der Waals surface area contributed by atoms with Crippen molar-refractivity contribution in [1.29, 1.82) is 0 Å². The number of carbonyl (C=O) groups excluding carboxylic acids is 3. The van der Waals surface area contributed by atoms with Crippen LogP contribution in [0.15, 0.2) is 24.3 Å². The Morgan fingerprint density at radius 3 is 2.56 bits per heavy atom. The molecule has 2 rings (SSSR count). The third-order valence-corrected chi connectivity index (χ3v) is 4.61. The highest BCUT2D eigenvalue weighted by Crippen LogP contribution is 2.23. The van der Waals surface area contributed by atoms with Crippen molar-refractivity contribution in [3.8, 4) is 0 Å². The number of amides is 2. The first kappa shape index (κ1) is 19.0. The average Bonchev–Trinajstić information content (AvgIpc) is 2.97. The molecule has 0 N–H and O–H groups in total. The van der Waals surface area contributed by atoms with Gasteiger partial charge in [-0.25, -0.2) is 0 Å². The van der Waals surface area contributed by atoms with E-state index in [1.807, 2.05) is 45.0 Å². The minimum absolute atomic E-state index is 0.0118. The highest BCUT2D eigenvalue weighted by molar-refractivity contribution is 5.91. The van der Waals surface area contributed by atoms with Gasteiger partial charge in [0.15, 0.2) is 0 Å². The first-order valence-electron chi connectivity index (χ1n) is 8.53. The first-order chi connectivity index (χ1) is 11.8. The standard InChI is InChI=1S/C19H26N2O4/c1-13(2)21-11-16(9-17(21)22)19(24)20(12-18(23)25-4)10-15-8-6-5-7-14(15)3/h5-8,13,16H,9-12H2,1-4H3. The van der Waals surface area contributed by atoms with Crippen LogP contribution in [0.2, 0.25) is 0 Å². The third-order valence-electron chi connectivity index (χ3n) is 4.61. The van der Waals surface area contributed by atoms with E-state index in [2.05, 4.69) is 0 Å². The van der Waals surface area contributed by atoms with E-state index < -0.39 is 11.9 Å². The van der Waals surface area contributed by atoms with Crippen molar-refractivity contribution in [2.24, 2.45) is 5.92 Å². The molecule has 2 amide bonds. The Hall–Kier alpha value is -2.37. The summed E-state index contributed by atoms with van der Waals surface area (Å²) in [6.45, 7) is 6.45. The number of carbonyl (C=O) groups is 3. The van der Waals surface area contributed by atoms with Crippen LogP contribution in [-0.4, -0.2) is 53.8 Å². The molecule has 6 heteroatoms. The number of likely N-dealkylation sites (tertiary alicyclic amines) is 1. The van der Waals surface area contributed by atoms with E-state index in [9.17, 15) is 14.4 Å². The van der Waals surface area contributed by atoms with Gasteiger partial charge in [-0.15, -0.1) is 0 Å². The van der Waals surface area contributed by atoms with Crippen LogP contribution in [0, 0.1) is 12.8 Å². The number of hydrogen-bond donors (Lipinski definition) is 0. The quantitative estimate of drug-likeness (QED) is 0.736. The fraction of sp³-hybridized carbons (Fsp3) is 0.526. The van der Waals surface area contributed by atoms with Gasteiger partial charge >= 0.3 is 5.97 Å². The predicted molar refractivity (Wildman–Crippen MR) is 93.6 cm³/mol. The summed E-state index contributed by atoms with van der Waals surface area (Å²) in [6.07, 6.45) is 0.197. The molecule has 1 saturated heterocycles. The molecule has 25 heavy (non-hydrogen) atoms. The number of benzene rings is 1. The summed E-state index contributed by atoms with van der Waals surface area (Å²) < 4.78 is 4.73. The Labute approximate surface area is 148 Å². The molecule has 136 valence electrons. The average molecular weight is 346 g/mol. The molecule has 0 aromatic heterocycles. The molecule has 1 fully saturated rings. The zero-order chi connectivity index (χ0) is 18.6. The van der Waals surface area contributed by atoms with Crippen molar-refractivity contribution < 1.29 is 19.1 Å². The van der Waals surface area contributed by atoms with Crippen molar-refractivity contribution in [1.82, 2.24) is 9.80 Å². The van der Waals surface area contributed by atoms with Crippen LogP contribution >= 0.6 is 0 Å². The van der Waals surface area contributed by atoms with Crippen LogP contribution in [0.5, 0.6) is 0 Å². The predicted octanol–water partition coefficient (Wildman–Crippen LogP) is 1.75. The normalized spacial score (nSPS) is 17.1. The van der Waals surface area contributed by atoms with Crippen LogP contribution in [0.4, 0.5) is 0 Å². The monoisotopic (exact) mass is 346 g/mol. The van der Waals surface area contributed by atoms with E-state index in [-0.39, 0.29) is 30.8 Å². The van der Waals surface area contributed by atoms with Crippen molar-refractivity contribution in [3.05, 3.63) is 35.4 Å². The molecule has 1 aliphatic heterocycles. The highest BCUT2D eigenvalue weighted by atomic mass is 16.5. The van der Waals surface area contributed by atoms with Crippen molar-refractivity contribution in [3.63, 3.8) is 0 Å². The van der Waals surface area contributed by atoms with E-state index in [0.29, 0.717) is 13.1 Å². The van der Waals surface area contributed by atoms with Crippen LogP contribution in [0.1, 0.15) is 31.4 Å². The number of esters is 1. The molecule has 1 atom stereocenters. The minimum atomic E-state index is -0.466. The molecule has 1 aromatic rings. The minimum Gasteiger partial charge on any atom is -0.468 e. The van der Waals surface area contributed by atoms with Crippen molar-refractivity contribution in [2.75, 3.05) is 20.2 Å². The lowest BCUT2D eigenvalue weighted by atomic mass is 10.0. The second-order valence-corrected chi connectivity index (χ2v) is 6.74. The van der Waals surface area contributed by atoms with Gasteiger partial charge in [-0.05, 0) is 31.9 Å². The largest absolute Gasteiger partial charge is 0.468 e. The molecule has 1 aromatic carbocycles. The molecule has 0 bridgehead atoms. The van der Waals surface area contributed by atoms with Crippen LogP contribution in [0.3, 0.4) is 0 Å². The highest BCUT2D eigenvalue weighted by Gasteiger charge is 2.38. The number of methoxy groups -OCH3 is 1. The summed E-state index contributed by atoms with van der Waals surface area (Å²) >= 11 is 0. The van der Waals surface area contributed by atoms with Crippen LogP contribution in [0.25, 0.3) is 0 Å². The van der Waals surface area contributed by atoms with Crippen LogP contribution in [-0.2, 0) is 25.7 Å². The summed E-state index contributed by atoms with van der Waals surface area (Å²) in [5.74, 6) is -1.07. The molecular formula is C19H26N2O4. The number of aryl methyl sites for hydroxylation is 1. The van der Waals surface area contributed by atoms with Crippen molar-refractivity contribution in [2.45, 2.75) is 39.8 Å². The Morgan fingerprint density at radius 1 is 1.32 bits per heavy atom. The third kappa shape index (κ3) is 4.59. The van der Waals surface area contributed by atoms with E-state index in [4.69, 9.17) is 4.74 Å². The summed E-state index contributed by atoms with van der Waals surface area (Å²) in [7, 11) is 1.30. The lowest BCUT2D eigenvalue weighted by Crippen LogP contribution is -2.41. The zero-order valence-corrected chi connectivity index (χ0v) is 15.3. The van der Waals surface area contributed by atoms with Crippen LogP contribution < -0.4 is 0 Å². The molecule has 0 spiro atoms. The van der Waals surface area contributed by atoms with Gasteiger partial charge in [-0.1, -0.05) is 24.3 Å². The van der Waals surface area contributed by atoms with Gasteiger partial charge < -0.3 is 14.5 Å². The zero-order valence-electron chi connectivity index (χ0n) is 15.3. The number of hydrogen-bond acceptors (Lipinski definition) is 4. The molecular weight excluding hydrogens is 320 g/mol. The topological polar surface area (TPSA) is 66.9 Å². The number of nitrogens with zero attached hydrogens (tertiary/aromatic N) is 2. The smallest absolute Gasteiger partial charge is 0.325 e. The second-order valence-electron chi connectivity index (χ2n) is 6.74. The lowest BCUT2D eigenvalue weighted by molar-refractivity contribution is -0.148. The summed E-state index contributed by atoms with van der Waals surface area (Å²) in [5.41, 5.74) is 2.03. The molecule has 1 heterocycles. The van der Waals surface area contributed by atoms with Gasteiger partial charge in [-0.2, -0.15) is 0 Å². The molecule has 0 saturated carbocycles. The fourth-order valence-electron chi connectivity index (χ4n) is 3.08. The fourth-order valence-corrected chi connectivity index (χ4v) is 3.08. The number of ether oxygens (including phenoxy) is 1. The maximum absolute atomic E-state index is 13.0. The molecule has 1 aliphatic rings. The Kier molecular flexibility index (Phi) is 6.17. The summed E-state index contributed by atoms with van der Waals surface area (Å²) in [5, 5.41) is 0. The maximum atomic E-state index is 13.0. The van der Waals surface area contributed by atoms with Gasteiger partial charge in [0.1, 0.15) is 6.54 Å². The number of rotatable bonds is 6. The maximum Gasteiger partial charge on any atom is 0.325 e. The van der Waals surface area contributed by atoms with E-state index >= 15 is 0 Å². The summed E-state index contributed by atoms with van der Waals surface area (Å²) in [6, 6.07) is 7.81. The van der Waals surface area contributed by atoms with E-state index in [1.165, 1.54) is 12.0 Å². The van der Waals surface area contributed by atoms with E-state index in [1.54, 1.807) is 4.90 Å². The Bertz CT molecular complexity index is 657. The molecule has 6 nitrogen and oxygen atoms in total. The molecule has 1 unspecified atom stereocenters.